The van der Waals surface area contributed by atoms with Crippen LogP contribution < -0.4 is 5.11 Å². The number of carbonyl (C=O) groups is 3. The molecule has 0 rings (SSSR count). The van der Waals surface area contributed by atoms with E-state index in [1.807, 2.05) is 21.1 Å². The van der Waals surface area contributed by atoms with Gasteiger partial charge in [-0.25, -0.2) is 0 Å². The molecule has 9 heteroatoms. The number of carbonyl (C=O) groups excluding carboxylic acids is 3. The molecule has 52 heavy (non-hydrogen) atoms. The Kier molecular flexibility index (Phi) is 33.8. The van der Waals surface area contributed by atoms with Crippen molar-refractivity contribution in [3.63, 3.8) is 0 Å². The van der Waals surface area contributed by atoms with Gasteiger partial charge >= 0.3 is 11.9 Å². The molecule has 0 aromatic heterocycles. The van der Waals surface area contributed by atoms with E-state index in [0.29, 0.717) is 17.4 Å². The van der Waals surface area contributed by atoms with Crippen LogP contribution in [0.1, 0.15) is 162 Å². The number of quaternary nitrogens is 1. The van der Waals surface area contributed by atoms with Crippen LogP contribution in [0.2, 0.25) is 0 Å². The van der Waals surface area contributed by atoms with Crippen LogP contribution in [0.5, 0.6) is 0 Å². The molecule has 0 aliphatic heterocycles. The van der Waals surface area contributed by atoms with E-state index in [1.54, 1.807) is 0 Å². The summed E-state index contributed by atoms with van der Waals surface area (Å²) in [6.45, 7) is 4.61. The number of likely N-dealkylation sites (N-methyl/N-ethyl adjacent to an activating group) is 1. The van der Waals surface area contributed by atoms with Gasteiger partial charge in [0.2, 0.25) is 0 Å². The van der Waals surface area contributed by atoms with Crippen molar-refractivity contribution in [1.29, 1.82) is 0 Å². The molecule has 0 amide bonds. The minimum atomic E-state index is -1.62. The molecule has 2 unspecified atom stereocenters. The topological polar surface area (TPSA) is 111 Å². The third-order valence-corrected chi connectivity index (χ3v) is 8.59. The largest absolute Gasteiger partial charge is 0.545 e. The summed E-state index contributed by atoms with van der Waals surface area (Å²) in [5, 5.41) is 11.6. The zero-order valence-electron chi connectivity index (χ0n) is 33.9. The molecule has 0 heterocycles. The van der Waals surface area contributed by atoms with Crippen LogP contribution in [-0.2, 0) is 33.3 Å². The van der Waals surface area contributed by atoms with Crippen molar-refractivity contribution in [2.45, 2.75) is 174 Å². The Hall–Kier alpha value is -2.49. The smallest absolute Gasteiger partial charge is 0.306 e. The molecule has 0 aliphatic rings. The van der Waals surface area contributed by atoms with E-state index in [-0.39, 0.29) is 38.6 Å². The van der Waals surface area contributed by atoms with E-state index in [9.17, 15) is 19.5 Å². The fraction of sp³-hybridized carbons (Fsp3) is 0.791. The van der Waals surface area contributed by atoms with Crippen LogP contribution in [0, 0.1) is 0 Å². The van der Waals surface area contributed by atoms with E-state index < -0.39 is 24.3 Å². The predicted molar refractivity (Wildman–Crippen MR) is 209 cm³/mol. The van der Waals surface area contributed by atoms with Gasteiger partial charge in [0, 0.05) is 12.8 Å². The Labute approximate surface area is 318 Å². The number of hydrogen-bond acceptors (Lipinski definition) is 8. The fourth-order valence-electron chi connectivity index (χ4n) is 5.33. The average Bonchev–Trinajstić information content (AvgIpc) is 3.09. The quantitative estimate of drug-likeness (QED) is 0.0205. The number of rotatable bonds is 37. The molecule has 0 spiro atoms. The molecule has 9 nitrogen and oxygen atoms in total. The molecule has 0 aliphatic carbocycles. The molecule has 0 saturated carbocycles. The highest BCUT2D eigenvalue weighted by molar-refractivity contribution is 5.70. The number of unbranched alkanes of at least 4 members (excludes halogenated alkanes) is 16. The lowest BCUT2D eigenvalue weighted by Gasteiger charge is -2.26. The molecule has 0 aromatic carbocycles. The highest BCUT2D eigenvalue weighted by atomic mass is 16.7. The minimum Gasteiger partial charge on any atom is -0.545 e. The number of ether oxygens (including phenoxy) is 4. The first kappa shape index (κ1) is 49.5. The van der Waals surface area contributed by atoms with Crippen LogP contribution >= 0.6 is 0 Å². The summed E-state index contributed by atoms with van der Waals surface area (Å²) in [5.41, 5.74) is 0. The Morgan fingerprint density at radius 2 is 1.08 bits per heavy atom. The number of nitrogens with zero attached hydrogens (tertiary/aromatic N) is 1. The summed E-state index contributed by atoms with van der Waals surface area (Å²) in [6, 6.07) is 0. The van der Waals surface area contributed by atoms with Crippen molar-refractivity contribution < 1.29 is 42.9 Å². The molecule has 0 fully saturated rings. The second kappa shape index (κ2) is 35.5. The molecule has 0 N–H and O–H groups in total. The van der Waals surface area contributed by atoms with Crippen molar-refractivity contribution in [2.24, 2.45) is 0 Å². The van der Waals surface area contributed by atoms with Crippen LogP contribution in [0.4, 0.5) is 0 Å². The maximum absolute atomic E-state index is 12.7. The van der Waals surface area contributed by atoms with Gasteiger partial charge in [0.25, 0.3) is 0 Å². The molecule has 302 valence electrons. The Morgan fingerprint density at radius 3 is 1.62 bits per heavy atom. The van der Waals surface area contributed by atoms with Crippen molar-refractivity contribution in [3.8, 4) is 0 Å². The molecule has 0 aromatic rings. The van der Waals surface area contributed by atoms with Gasteiger partial charge in [-0.3, -0.25) is 9.59 Å². The highest BCUT2D eigenvalue weighted by Crippen LogP contribution is 2.13. The number of aliphatic carboxylic acids is 1. The standard InChI is InChI=1S/C43H77NO8/c1-6-8-10-12-14-16-18-19-20-21-22-23-24-26-28-30-32-34-41(46)52-39(38-51-43(42(47)48)49-36-35-44(3,4)5)37-50-40(45)33-31-29-27-25-17-15-13-11-9-7-2/h11,13-14,16,19-20,39,43H,6-10,12,15,17-18,21-38H2,1-5H3/b13-11-,16-14-,20-19-. The first-order valence-corrected chi connectivity index (χ1v) is 20.6. The fourth-order valence-corrected chi connectivity index (χ4v) is 5.33. The summed E-state index contributed by atoms with van der Waals surface area (Å²) in [7, 11) is 5.89. The van der Waals surface area contributed by atoms with Crippen molar-refractivity contribution in [2.75, 3.05) is 47.5 Å². The minimum absolute atomic E-state index is 0.144. The first-order chi connectivity index (χ1) is 25.1. The molecule has 0 radical (unpaired) electrons. The maximum Gasteiger partial charge on any atom is 0.306 e. The molecular formula is C43H77NO8. The van der Waals surface area contributed by atoms with E-state index in [4.69, 9.17) is 18.9 Å². The van der Waals surface area contributed by atoms with Crippen molar-refractivity contribution in [3.05, 3.63) is 36.5 Å². The van der Waals surface area contributed by atoms with Gasteiger partial charge in [0.05, 0.1) is 40.3 Å². The molecule has 0 bridgehead atoms. The summed E-state index contributed by atoms with van der Waals surface area (Å²) >= 11 is 0. The first-order valence-electron chi connectivity index (χ1n) is 20.6. The number of allylic oxidation sites excluding steroid dienone is 6. The number of hydrogen-bond donors (Lipinski definition) is 0. The second-order valence-electron chi connectivity index (χ2n) is 14.9. The predicted octanol–water partition coefficient (Wildman–Crippen LogP) is 8.94. The van der Waals surface area contributed by atoms with E-state index >= 15 is 0 Å². The maximum atomic E-state index is 12.7. The van der Waals surface area contributed by atoms with Gasteiger partial charge in [-0.15, -0.1) is 0 Å². The number of carboxylic acids is 1. The average molecular weight is 736 g/mol. The van der Waals surface area contributed by atoms with Gasteiger partial charge in [-0.2, -0.15) is 0 Å². The lowest BCUT2D eigenvalue weighted by Crippen LogP contribution is -2.44. The van der Waals surface area contributed by atoms with E-state index in [2.05, 4.69) is 50.3 Å². The van der Waals surface area contributed by atoms with Crippen molar-refractivity contribution in [1.82, 2.24) is 0 Å². The lowest BCUT2D eigenvalue weighted by atomic mass is 10.1. The van der Waals surface area contributed by atoms with E-state index in [1.165, 1.54) is 51.4 Å². The van der Waals surface area contributed by atoms with Gasteiger partial charge in [0.1, 0.15) is 13.2 Å². The van der Waals surface area contributed by atoms with Gasteiger partial charge in [-0.05, 0) is 64.2 Å². The summed E-state index contributed by atoms with van der Waals surface area (Å²) in [5.74, 6) is -2.31. The van der Waals surface area contributed by atoms with Crippen LogP contribution in [0.25, 0.3) is 0 Å². The van der Waals surface area contributed by atoms with Crippen LogP contribution in [0.15, 0.2) is 36.5 Å². The monoisotopic (exact) mass is 736 g/mol. The van der Waals surface area contributed by atoms with Gasteiger partial charge in [-0.1, -0.05) is 121 Å². The lowest BCUT2D eigenvalue weighted by molar-refractivity contribution is -0.870. The third-order valence-electron chi connectivity index (χ3n) is 8.59. The van der Waals surface area contributed by atoms with Crippen LogP contribution in [0.3, 0.4) is 0 Å². The molecule has 0 saturated heterocycles. The second-order valence-corrected chi connectivity index (χ2v) is 14.9. The summed E-state index contributed by atoms with van der Waals surface area (Å²) in [6.07, 6.45) is 34.6. The summed E-state index contributed by atoms with van der Waals surface area (Å²) in [4.78, 5) is 36.8. The zero-order valence-corrected chi connectivity index (χ0v) is 33.9. The Balaban J connectivity index is 4.49. The zero-order chi connectivity index (χ0) is 38.5. The Morgan fingerprint density at radius 1 is 0.577 bits per heavy atom. The molecular weight excluding hydrogens is 658 g/mol. The summed E-state index contributed by atoms with van der Waals surface area (Å²) < 4.78 is 22.4. The van der Waals surface area contributed by atoms with Gasteiger partial charge in [0.15, 0.2) is 12.4 Å². The highest BCUT2D eigenvalue weighted by Gasteiger charge is 2.21. The number of carboxylic acid groups (broad SMARTS) is 1. The Bertz CT molecular complexity index is 955. The third kappa shape index (κ3) is 35.9. The molecule has 2 atom stereocenters. The van der Waals surface area contributed by atoms with Crippen LogP contribution in [-0.4, -0.2) is 82.3 Å². The normalized spacial score (nSPS) is 13.3. The SMILES string of the molecule is CCC/C=C\CCCCCCCC(=O)OCC(COC(OCC[N+](C)(C)C)C(=O)[O-])OC(=O)CCCCCCCCC/C=C\C/C=C\CCCCC. The van der Waals surface area contributed by atoms with Gasteiger partial charge < -0.3 is 33.3 Å². The number of esters is 2. The van der Waals surface area contributed by atoms with E-state index in [0.717, 1.165) is 77.0 Å². The van der Waals surface area contributed by atoms with Crippen molar-refractivity contribution >= 4 is 17.9 Å².